The maximum absolute atomic E-state index is 5.67. The highest BCUT2D eigenvalue weighted by molar-refractivity contribution is 7.99. The minimum Gasteiger partial charge on any atom is -0.493 e. The molecule has 0 spiro atoms. The molecule has 3 nitrogen and oxygen atoms in total. The molecule has 0 amide bonds. The first-order valence-electron chi connectivity index (χ1n) is 5.65. The lowest BCUT2D eigenvalue weighted by Crippen LogP contribution is -2.05. The molecule has 0 fully saturated rings. The van der Waals surface area contributed by atoms with E-state index in [-0.39, 0.29) is 0 Å². The van der Waals surface area contributed by atoms with Crippen LogP contribution in [0.1, 0.15) is 0 Å². The normalized spacial score (nSPS) is 10.6. The zero-order valence-corrected chi connectivity index (χ0v) is 10.5. The van der Waals surface area contributed by atoms with E-state index in [2.05, 4.69) is 4.98 Å². The highest BCUT2D eigenvalue weighted by atomic mass is 32.2. The summed E-state index contributed by atoms with van der Waals surface area (Å²) in [5.41, 5.74) is 6.41. The van der Waals surface area contributed by atoms with E-state index in [9.17, 15) is 0 Å². The van der Waals surface area contributed by atoms with Gasteiger partial charge in [0.1, 0.15) is 5.75 Å². The van der Waals surface area contributed by atoms with Crippen molar-refractivity contribution in [2.75, 3.05) is 24.7 Å². The molecule has 0 radical (unpaired) electrons. The Labute approximate surface area is 105 Å². The molecular formula is C13H16N2OS. The summed E-state index contributed by atoms with van der Waals surface area (Å²) >= 11 is 1.81. The van der Waals surface area contributed by atoms with Gasteiger partial charge in [0.15, 0.2) is 0 Å². The minimum atomic E-state index is 0.719. The van der Waals surface area contributed by atoms with Crippen LogP contribution >= 0.6 is 11.8 Å². The average molecular weight is 248 g/mol. The van der Waals surface area contributed by atoms with Gasteiger partial charge < -0.3 is 10.5 Å². The van der Waals surface area contributed by atoms with Crippen molar-refractivity contribution < 1.29 is 4.74 Å². The van der Waals surface area contributed by atoms with E-state index in [4.69, 9.17) is 10.5 Å². The van der Waals surface area contributed by atoms with Crippen LogP contribution in [0, 0.1) is 0 Å². The lowest BCUT2D eigenvalue weighted by molar-refractivity contribution is 0.344. The number of ether oxygens (including phenoxy) is 1. The third kappa shape index (κ3) is 3.61. The number of thioether (sulfide) groups is 1. The molecule has 0 unspecified atom stereocenters. The molecule has 1 aromatic carbocycles. The van der Waals surface area contributed by atoms with Crippen LogP contribution in [0.3, 0.4) is 0 Å². The predicted molar refractivity (Wildman–Crippen MR) is 73.6 cm³/mol. The van der Waals surface area contributed by atoms with E-state index in [1.165, 1.54) is 0 Å². The van der Waals surface area contributed by atoms with Crippen molar-refractivity contribution in [2.24, 2.45) is 5.73 Å². The van der Waals surface area contributed by atoms with Crippen molar-refractivity contribution in [3.05, 3.63) is 36.5 Å². The lowest BCUT2D eigenvalue weighted by atomic mass is 10.2. The van der Waals surface area contributed by atoms with Crippen molar-refractivity contribution in [3.63, 3.8) is 0 Å². The van der Waals surface area contributed by atoms with E-state index in [0.29, 0.717) is 0 Å². The number of rotatable bonds is 6. The molecule has 4 heteroatoms. The van der Waals surface area contributed by atoms with Crippen LogP contribution in [0.25, 0.3) is 10.9 Å². The molecule has 0 aliphatic rings. The van der Waals surface area contributed by atoms with Gasteiger partial charge in [0.25, 0.3) is 0 Å². The Bertz CT molecular complexity index is 476. The van der Waals surface area contributed by atoms with Gasteiger partial charge >= 0.3 is 0 Å². The first-order chi connectivity index (χ1) is 8.40. The summed E-state index contributed by atoms with van der Waals surface area (Å²) in [5.74, 6) is 2.87. The summed E-state index contributed by atoms with van der Waals surface area (Å²) in [6, 6.07) is 9.94. The van der Waals surface area contributed by atoms with Gasteiger partial charge in [-0.25, -0.2) is 0 Å². The van der Waals surface area contributed by atoms with Crippen molar-refractivity contribution in [1.29, 1.82) is 0 Å². The molecule has 0 aliphatic carbocycles. The van der Waals surface area contributed by atoms with Crippen LogP contribution < -0.4 is 10.5 Å². The van der Waals surface area contributed by atoms with Crippen molar-refractivity contribution in [2.45, 2.75) is 0 Å². The number of hydrogen-bond donors (Lipinski definition) is 1. The van der Waals surface area contributed by atoms with Gasteiger partial charge in [0, 0.05) is 29.6 Å². The molecule has 2 N–H and O–H groups in total. The summed E-state index contributed by atoms with van der Waals surface area (Å²) in [5, 5.41) is 1.11. The molecule has 2 aromatic rings. The van der Waals surface area contributed by atoms with Crippen LogP contribution in [-0.2, 0) is 0 Å². The Hall–Kier alpha value is -1.26. The maximum Gasteiger partial charge on any atom is 0.120 e. The van der Waals surface area contributed by atoms with Crippen LogP contribution in [0.4, 0.5) is 0 Å². The van der Waals surface area contributed by atoms with Gasteiger partial charge in [0.2, 0.25) is 0 Å². The second-order valence-corrected chi connectivity index (χ2v) is 4.83. The molecule has 17 heavy (non-hydrogen) atoms. The number of aromatic nitrogens is 1. The molecule has 1 aromatic heterocycles. The summed E-state index contributed by atoms with van der Waals surface area (Å²) in [7, 11) is 0. The summed E-state index contributed by atoms with van der Waals surface area (Å²) < 4.78 is 5.67. The zero-order valence-electron chi connectivity index (χ0n) is 9.63. The smallest absolute Gasteiger partial charge is 0.120 e. The van der Waals surface area contributed by atoms with E-state index >= 15 is 0 Å². The number of pyridine rings is 1. The number of nitrogens with zero attached hydrogens (tertiary/aromatic N) is 1. The highest BCUT2D eigenvalue weighted by Gasteiger charge is 1.97. The van der Waals surface area contributed by atoms with E-state index < -0.39 is 0 Å². The Morgan fingerprint density at radius 3 is 3.06 bits per heavy atom. The predicted octanol–water partition coefficient (Wildman–Crippen LogP) is 2.31. The fourth-order valence-corrected chi connectivity index (χ4v) is 2.12. The molecule has 0 aliphatic heterocycles. The third-order valence-electron chi connectivity index (χ3n) is 2.33. The molecule has 90 valence electrons. The maximum atomic E-state index is 5.67. The first kappa shape index (κ1) is 12.2. The summed E-state index contributed by atoms with van der Waals surface area (Å²) in [4.78, 5) is 4.27. The third-order valence-corrected chi connectivity index (χ3v) is 3.31. The monoisotopic (exact) mass is 248 g/mol. The summed E-state index contributed by atoms with van der Waals surface area (Å²) in [6.45, 7) is 1.45. The van der Waals surface area contributed by atoms with Gasteiger partial charge in [-0.05, 0) is 24.3 Å². The summed E-state index contributed by atoms with van der Waals surface area (Å²) in [6.07, 6.45) is 1.80. The largest absolute Gasteiger partial charge is 0.493 e. The SMILES string of the molecule is NCCSCCOc1ccc2ncccc2c1. The molecular weight excluding hydrogens is 232 g/mol. The number of nitrogens with two attached hydrogens (primary N) is 1. The zero-order chi connectivity index (χ0) is 11.9. The molecule has 0 atom stereocenters. The van der Waals surface area contributed by atoms with Crippen molar-refractivity contribution >= 4 is 22.7 Å². The van der Waals surface area contributed by atoms with Gasteiger partial charge in [-0.2, -0.15) is 11.8 Å². The second-order valence-electron chi connectivity index (χ2n) is 3.61. The minimum absolute atomic E-state index is 0.719. The van der Waals surface area contributed by atoms with Gasteiger partial charge in [-0.1, -0.05) is 6.07 Å². The number of benzene rings is 1. The molecule has 2 rings (SSSR count). The van der Waals surface area contributed by atoms with Gasteiger partial charge in [-0.15, -0.1) is 0 Å². The fraction of sp³-hybridized carbons (Fsp3) is 0.308. The Morgan fingerprint density at radius 1 is 1.24 bits per heavy atom. The molecule has 1 heterocycles. The quantitative estimate of drug-likeness (QED) is 0.797. The fourth-order valence-electron chi connectivity index (χ4n) is 1.55. The van der Waals surface area contributed by atoms with Gasteiger partial charge in [-0.3, -0.25) is 4.98 Å². The number of fused-ring (bicyclic) bond motifs is 1. The van der Waals surface area contributed by atoms with Crippen molar-refractivity contribution in [1.82, 2.24) is 4.98 Å². The van der Waals surface area contributed by atoms with E-state index in [1.54, 1.807) is 6.20 Å². The van der Waals surface area contributed by atoms with E-state index in [1.807, 2.05) is 42.1 Å². The van der Waals surface area contributed by atoms with Gasteiger partial charge in [0.05, 0.1) is 12.1 Å². The molecule has 0 bridgehead atoms. The topological polar surface area (TPSA) is 48.1 Å². The Balaban J connectivity index is 1.90. The van der Waals surface area contributed by atoms with Crippen LogP contribution in [-0.4, -0.2) is 29.6 Å². The second kappa shape index (κ2) is 6.47. The number of hydrogen-bond acceptors (Lipinski definition) is 4. The highest BCUT2D eigenvalue weighted by Crippen LogP contribution is 2.18. The molecule has 0 saturated carbocycles. The standard InChI is InChI=1S/C13H16N2OS/c14-5-8-17-9-7-16-12-3-4-13-11(10-12)2-1-6-15-13/h1-4,6,10H,5,7-9,14H2. The first-order valence-corrected chi connectivity index (χ1v) is 6.81. The average Bonchev–Trinajstić information content (AvgIpc) is 2.38. The van der Waals surface area contributed by atoms with Crippen LogP contribution in [0.15, 0.2) is 36.5 Å². The van der Waals surface area contributed by atoms with E-state index in [0.717, 1.165) is 41.3 Å². The molecule has 0 saturated heterocycles. The Morgan fingerprint density at radius 2 is 2.18 bits per heavy atom. The van der Waals surface area contributed by atoms with Crippen molar-refractivity contribution in [3.8, 4) is 5.75 Å². The van der Waals surface area contributed by atoms with Crippen LogP contribution in [0.2, 0.25) is 0 Å². The Kier molecular flexibility index (Phi) is 4.64. The van der Waals surface area contributed by atoms with Crippen LogP contribution in [0.5, 0.6) is 5.75 Å². The lowest BCUT2D eigenvalue weighted by Gasteiger charge is -2.06.